The van der Waals surface area contributed by atoms with E-state index >= 15 is 0 Å². The number of fused-ring (bicyclic) bond motifs is 1. The van der Waals surface area contributed by atoms with E-state index in [0.717, 1.165) is 47.6 Å². The second kappa shape index (κ2) is 7.33. The molecule has 0 atom stereocenters. The standard InChI is InChI=1S/C17H23N7O/c1-4-5-8-20-16-15-14(21-17(18)22-16)11(2)23-24(15)10-12-13(25-3)7-6-9-19-12/h6-7,9H,4-5,8,10H2,1-3H3,(H3,18,20,21,22). The first-order valence-electron chi connectivity index (χ1n) is 8.36. The first-order valence-corrected chi connectivity index (χ1v) is 8.36. The van der Waals surface area contributed by atoms with Crippen LogP contribution in [0.25, 0.3) is 11.0 Å². The minimum Gasteiger partial charge on any atom is -0.495 e. The van der Waals surface area contributed by atoms with Gasteiger partial charge in [-0.15, -0.1) is 0 Å². The zero-order chi connectivity index (χ0) is 17.8. The monoisotopic (exact) mass is 341 g/mol. The molecule has 0 bridgehead atoms. The Morgan fingerprint density at radius 2 is 2.16 bits per heavy atom. The highest BCUT2D eigenvalue weighted by molar-refractivity contribution is 5.88. The van der Waals surface area contributed by atoms with Crippen molar-refractivity contribution in [2.45, 2.75) is 33.2 Å². The van der Waals surface area contributed by atoms with E-state index in [1.165, 1.54) is 0 Å². The van der Waals surface area contributed by atoms with Crippen LogP contribution in [-0.2, 0) is 6.54 Å². The molecular weight excluding hydrogens is 318 g/mol. The zero-order valence-electron chi connectivity index (χ0n) is 14.8. The van der Waals surface area contributed by atoms with Crippen LogP contribution < -0.4 is 15.8 Å². The van der Waals surface area contributed by atoms with E-state index in [-0.39, 0.29) is 5.95 Å². The topological polar surface area (TPSA) is 104 Å². The maximum absolute atomic E-state index is 5.87. The van der Waals surface area contributed by atoms with Crippen LogP contribution in [0.2, 0.25) is 0 Å². The first kappa shape index (κ1) is 16.9. The van der Waals surface area contributed by atoms with E-state index in [1.54, 1.807) is 13.3 Å². The SMILES string of the molecule is CCCCNc1nc(N)nc2c(C)nn(Cc3ncccc3OC)c12. The predicted molar refractivity (Wildman–Crippen MR) is 97.8 cm³/mol. The number of rotatable bonds is 7. The lowest BCUT2D eigenvalue weighted by atomic mass is 10.3. The molecule has 8 nitrogen and oxygen atoms in total. The Balaban J connectivity index is 2.05. The Hall–Kier alpha value is -2.90. The van der Waals surface area contributed by atoms with Gasteiger partial charge in [-0.2, -0.15) is 10.1 Å². The van der Waals surface area contributed by atoms with Crippen LogP contribution >= 0.6 is 0 Å². The Bertz CT molecular complexity index is 875. The van der Waals surface area contributed by atoms with Crippen molar-refractivity contribution < 1.29 is 4.74 Å². The van der Waals surface area contributed by atoms with Crippen LogP contribution in [0.4, 0.5) is 11.8 Å². The van der Waals surface area contributed by atoms with Crippen LogP contribution in [0.5, 0.6) is 5.75 Å². The molecule has 0 aliphatic rings. The van der Waals surface area contributed by atoms with Gasteiger partial charge in [0, 0.05) is 12.7 Å². The number of aryl methyl sites for hydroxylation is 1. The molecule has 3 aromatic heterocycles. The summed E-state index contributed by atoms with van der Waals surface area (Å²) in [5.41, 5.74) is 9.05. The van der Waals surface area contributed by atoms with Crippen molar-refractivity contribution in [2.75, 3.05) is 24.7 Å². The highest BCUT2D eigenvalue weighted by Crippen LogP contribution is 2.26. The summed E-state index contributed by atoms with van der Waals surface area (Å²) in [6.45, 7) is 5.34. The van der Waals surface area contributed by atoms with Crippen LogP contribution in [0, 0.1) is 6.92 Å². The zero-order valence-corrected chi connectivity index (χ0v) is 14.8. The van der Waals surface area contributed by atoms with Gasteiger partial charge in [-0.1, -0.05) is 13.3 Å². The number of aromatic nitrogens is 5. The van der Waals surface area contributed by atoms with Crippen molar-refractivity contribution in [3.05, 3.63) is 29.7 Å². The van der Waals surface area contributed by atoms with Gasteiger partial charge < -0.3 is 15.8 Å². The second-order valence-corrected chi connectivity index (χ2v) is 5.80. The van der Waals surface area contributed by atoms with Crippen molar-refractivity contribution >= 4 is 22.8 Å². The molecule has 25 heavy (non-hydrogen) atoms. The number of nitrogens with zero attached hydrogens (tertiary/aromatic N) is 5. The van der Waals surface area contributed by atoms with Crippen LogP contribution in [0.15, 0.2) is 18.3 Å². The van der Waals surface area contributed by atoms with Gasteiger partial charge in [0.15, 0.2) is 5.82 Å². The van der Waals surface area contributed by atoms with Gasteiger partial charge in [-0.05, 0) is 25.5 Å². The number of pyridine rings is 1. The van der Waals surface area contributed by atoms with Gasteiger partial charge in [0.25, 0.3) is 0 Å². The molecule has 0 aliphatic carbocycles. The normalized spacial score (nSPS) is 11.0. The molecule has 0 aliphatic heterocycles. The Morgan fingerprint density at radius 3 is 2.92 bits per heavy atom. The van der Waals surface area contributed by atoms with Gasteiger partial charge in [0.2, 0.25) is 5.95 Å². The smallest absolute Gasteiger partial charge is 0.222 e. The number of anilines is 2. The van der Waals surface area contributed by atoms with E-state index in [0.29, 0.717) is 12.4 Å². The minimum absolute atomic E-state index is 0.240. The Morgan fingerprint density at radius 1 is 1.32 bits per heavy atom. The van der Waals surface area contributed by atoms with Crippen molar-refractivity contribution in [3.63, 3.8) is 0 Å². The molecule has 0 unspecified atom stereocenters. The molecule has 0 amide bonds. The fourth-order valence-corrected chi connectivity index (χ4v) is 2.74. The number of nitrogens with two attached hydrogens (primary N) is 1. The van der Waals surface area contributed by atoms with E-state index in [4.69, 9.17) is 10.5 Å². The summed E-state index contributed by atoms with van der Waals surface area (Å²) >= 11 is 0. The van der Waals surface area contributed by atoms with Crippen LogP contribution in [0.1, 0.15) is 31.2 Å². The average Bonchev–Trinajstić information content (AvgIpc) is 2.91. The van der Waals surface area contributed by atoms with Crippen molar-refractivity contribution in [1.82, 2.24) is 24.7 Å². The highest BCUT2D eigenvalue weighted by atomic mass is 16.5. The van der Waals surface area contributed by atoms with Gasteiger partial charge in [0.1, 0.15) is 22.5 Å². The summed E-state index contributed by atoms with van der Waals surface area (Å²) in [7, 11) is 1.63. The quantitative estimate of drug-likeness (QED) is 0.636. The number of unbranched alkanes of at least 4 members (excludes halogenated alkanes) is 1. The van der Waals surface area contributed by atoms with Crippen LogP contribution in [-0.4, -0.2) is 38.4 Å². The summed E-state index contributed by atoms with van der Waals surface area (Å²) in [4.78, 5) is 13.1. The third kappa shape index (κ3) is 3.47. The fourth-order valence-electron chi connectivity index (χ4n) is 2.74. The van der Waals surface area contributed by atoms with Crippen molar-refractivity contribution in [2.24, 2.45) is 0 Å². The van der Waals surface area contributed by atoms with Crippen molar-refractivity contribution in [1.29, 1.82) is 0 Å². The number of methoxy groups -OCH3 is 1. The Labute approximate surface area is 146 Å². The summed E-state index contributed by atoms with van der Waals surface area (Å²) in [5, 5.41) is 7.97. The number of ether oxygens (including phenoxy) is 1. The minimum atomic E-state index is 0.240. The van der Waals surface area contributed by atoms with Gasteiger partial charge in [-0.3, -0.25) is 9.67 Å². The van der Waals surface area contributed by atoms with E-state index in [9.17, 15) is 0 Å². The molecule has 0 saturated carbocycles. The molecule has 8 heteroatoms. The predicted octanol–water partition coefficient (Wildman–Crippen LogP) is 2.38. The largest absolute Gasteiger partial charge is 0.495 e. The van der Waals surface area contributed by atoms with Crippen molar-refractivity contribution in [3.8, 4) is 5.75 Å². The van der Waals surface area contributed by atoms with E-state index in [2.05, 4.69) is 32.3 Å². The van der Waals surface area contributed by atoms with E-state index in [1.807, 2.05) is 23.7 Å². The molecule has 0 fully saturated rings. The summed E-state index contributed by atoms with van der Waals surface area (Å²) in [6, 6.07) is 3.73. The lowest BCUT2D eigenvalue weighted by molar-refractivity contribution is 0.404. The maximum Gasteiger partial charge on any atom is 0.222 e. The number of nitrogen functional groups attached to an aromatic ring is 1. The molecule has 0 radical (unpaired) electrons. The fraction of sp³-hybridized carbons (Fsp3) is 0.412. The molecule has 0 spiro atoms. The third-order valence-electron chi connectivity index (χ3n) is 3.96. The molecular formula is C17H23N7O. The molecule has 0 aromatic carbocycles. The molecule has 3 N–H and O–H groups in total. The second-order valence-electron chi connectivity index (χ2n) is 5.80. The summed E-state index contributed by atoms with van der Waals surface area (Å²) in [5.74, 6) is 1.66. The number of nitrogens with one attached hydrogen (secondary N) is 1. The summed E-state index contributed by atoms with van der Waals surface area (Å²) in [6.07, 6.45) is 3.89. The Kier molecular flexibility index (Phi) is 4.97. The third-order valence-corrected chi connectivity index (χ3v) is 3.96. The molecule has 3 aromatic rings. The van der Waals surface area contributed by atoms with E-state index < -0.39 is 0 Å². The lowest BCUT2D eigenvalue weighted by Crippen LogP contribution is -2.10. The molecule has 3 rings (SSSR count). The van der Waals surface area contributed by atoms with Gasteiger partial charge >= 0.3 is 0 Å². The first-order chi connectivity index (χ1) is 12.1. The maximum atomic E-state index is 5.87. The highest BCUT2D eigenvalue weighted by Gasteiger charge is 2.17. The average molecular weight is 341 g/mol. The molecule has 3 heterocycles. The van der Waals surface area contributed by atoms with Gasteiger partial charge in [-0.25, -0.2) is 4.98 Å². The number of hydrogen-bond acceptors (Lipinski definition) is 7. The van der Waals surface area contributed by atoms with Gasteiger partial charge in [0.05, 0.1) is 19.3 Å². The summed E-state index contributed by atoms with van der Waals surface area (Å²) < 4.78 is 7.25. The molecule has 0 saturated heterocycles. The van der Waals surface area contributed by atoms with Crippen LogP contribution in [0.3, 0.4) is 0 Å². The molecule has 132 valence electrons. The lowest BCUT2D eigenvalue weighted by Gasteiger charge is -2.11. The number of hydrogen-bond donors (Lipinski definition) is 2.